The van der Waals surface area contributed by atoms with Gasteiger partial charge in [0.2, 0.25) is 0 Å². The van der Waals surface area contributed by atoms with Crippen molar-refractivity contribution in [3.05, 3.63) is 0 Å². The lowest BCUT2D eigenvalue weighted by Crippen LogP contribution is -2.44. The lowest BCUT2D eigenvalue weighted by molar-refractivity contribution is -0.158. The first-order valence-corrected chi connectivity index (χ1v) is 6.67. The van der Waals surface area contributed by atoms with Gasteiger partial charge in [0, 0.05) is 11.3 Å². The summed E-state index contributed by atoms with van der Waals surface area (Å²) in [6.07, 6.45) is -1.25. The number of ether oxygens (including phenoxy) is 1. The molecule has 0 saturated carbocycles. The minimum atomic E-state index is -1.06. The molecule has 0 spiro atoms. The van der Waals surface area contributed by atoms with Crippen molar-refractivity contribution in [3.8, 4) is 0 Å². The van der Waals surface area contributed by atoms with Gasteiger partial charge in [0.05, 0.1) is 10.9 Å². The van der Waals surface area contributed by atoms with Gasteiger partial charge in [-0.05, 0) is 41.8 Å². The smallest absolute Gasteiger partial charge is 0.336 e. The van der Waals surface area contributed by atoms with Gasteiger partial charge < -0.3 is 14.7 Å². The Hall–Kier alpha value is -0.260. The van der Waals surface area contributed by atoms with E-state index < -0.39 is 16.8 Å². The molecule has 0 bridgehead atoms. The van der Waals surface area contributed by atoms with E-state index in [4.69, 9.17) is 4.74 Å². The Bertz CT molecular complexity index is 308. The van der Waals surface area contributed by atoms with Crippen LogP contribution in [0.2, 0.25) is 0 Å². The third-order valence-electron chi connectivity index (χ3n) is 3.16. The number of carbonyl (C=O) groups is 1. The average molecular weight is 261 g/mol. The number of aliphatic hydroxyl groups excluding tert-OH is 1. The van der Waals surface area contributed by atoms with Gasteiger partial charge in [0.25, 0.3) is 0 Å². The van der Waals surface area contributed by atoms with E-state index in [1.807, 2.05) is 21.0 Å². The Morgan fingerprint density at radius 2 is 1.94 bits per heavy atom. The van der Waals surface area contributed by atoms with Crippen LogP contribution in [0.25, 0.3) is 0 Å². The molecule has 0 aromatic rings. The van der Waals surface area contributed by atoms with Crippen LogP contribution in [0.5, 0.6) is 0 Å². The Balaban J connectivity index is 2.65. The van der Waals surface area contributed by atoms with E-state index in [9.17, 15) is 9.90 Å². The summed E-state index contributed by atoms with van der Waals surface area (Å²) < 4.78 is 4.53. The van der Waals surface area contributed by atoms with Crippen molar-refractivity contribution in [2.45, 2.75) is 49.4 Å². The van der Waals surface area contributed by atoms with Gasteiger partial charge in [-0.15, -0.1) is 11.8 Å². The highest BCUT2D eigenvalue weighted by Gasteiger charge is 2.68. The predicted molar refractivity (Wildman–Crippen MR) is 70.2 cm³/mol. The second kappa shape index (κ2) is 4.78. The fourth-order valence-electron chi connectivity index (χ4n) is 2.10. The summed E-state index contributed by atoms with van der Waals surface area (Å²) in [6.45, 7) is 8.40. The maximum Gasteiger partial charge on any atom is 0.336 e. The van der Waals surface area contributed by atoms with E-state index >= 15 is 0 Å². The highest BCUT2D eigenvalue weighted by Crippen LogP contribution is 2.65. The predicted octanol–water partition coefficient (Wildman–Crippen LogP) is 1.12. The van der Waals surface area contributed by atoms with Crippen LogP contribution in [0.15, 0.2) is 0 Å². The van der Waals surface area contributed by atoms with E-state index in [2.05, 4.69) is 11.8 Å². The topological polar surface area (TPSA) is 49.8 Å². The second-order valence-corrected chi connectivity index (χ2v) is 7.52. The summed E-state index contributed by atoms with van der Waals surface area (Å²) in [4.78, 5) is 13.8. The largest absolute Gasteiger partial charge is 0.461 e. The monoisotopic (exact) mass is 261 g/mol. The van der Waals surface area contributed by atoms with E-state index in [0.29, 0.717) is 0 Å². The van der Waals surface area contributed by atoms with E-state index in [1.54, 1.807) is 25.6 Å². The molecule has 3 atom stereocenters. The van der Waals surface area contributed by atoms with Gasteiger partial charge in [-0.25, -0.2) is 4.79 Å². The maximum atomic E-state index is 11.7. The number of esters is 1. The Labute approximate surface area is 108 Å². The zero-order valence-electron chi connectivity index (χ0n) is 11.5. The van der Waals surface area contributed by atoms with Crippen LogP contribution in [0.1, 0.15) is 27.7 Å². The van der Waals surface area contributed by atoms with Crippen LogP contribution in [0, 0.1) is 0 Å². The molecule has 4 nitrogen and oxygen atoms in total. The standard InChI is InChI=1S/C12H23NO3S/c1-8(2)16-10(15)9(14)12(4)11(3,17-12)7-13(5)6/h8-9,14H,7H2,1-6H3/t9?,11-,12+/m1/s1. The van der Waals surface area contributed by atoms with Gasteiger partial charge in [0.15, 0.2) is 6.10 Å². The number of hydrogen-bond donors (Lipinski definition) is 1. The van der Waals surface area contributed by atoms with Crippen LogP contribution < -0.4 is 0 Å². The summed E-state index contributed by atoms with van der Waals surface area (Å²) >= 11 is 1.64. The molecule has 17 heavy (non-hydrogen) atoms. The Kier molecular flexibility index (Phi) is 4.16. The van der Waals surface area contributed by atoms with Crippen molar-refractivity contribution in [1.82, 2.24) is 4.90 Å². The molecule has 0 aromatic carbocycles. The fraction of sp³-hybridized carbons (Fsp3) is 0.917. The number of nitrogens with zero attached hydrogens (tertiary/aromatic N) is 1. The van der Waals surface area contributed by atoms with Crippen LogP contribution in [-0.4, -0.2) is 58.3 Å². The van der Waals surface area contributed by atoms with Crippen molar-refractivity contribution in [3.63, 3.8) is 0 Å². The molecular formula is C12H23NO3S. The number of aliphatic hydroxyl groups is 1. The lowest BCUT2D eigenvalue weighted by Gasteiger charge is -2.23. The molecule has 1 unspecified atom stereocenters. The summed E-state index contributed by atoms with van der Waals surface area (Å²) in [7, 11) is 3.98. The number of hydrogen-bond acceptors (Lipinski definition) is 5. The van der Waals surface area contributed by atoms with E-state index in [0.717, 1.165) is 6.54 Å². The molecule has 1 N–H and O–H groups in total. The third-order valence-corrected chi connectivity index (χ3v) is 5.06. The van der Waals surface area contributed by atoms with Gasteiger partial charge in [-0.1, -0.05) is 0 Å². The van der Waals surface area contributed by atoms with E-state index in [1.165, 1.54) is 0 Å². The maximum absolute atomic E-state index is 11.7. The molecular weight excluding hydrogens is 238 g/mol. The zero-order valence-corrected chi connectivity index (χ0v) is 12.3. The molecule has 1 heterocycles. The fourth-order valence-corrected chi connectivity index (χ4v) is 3.69. The molecule has 0 aromatic heterocycles. The SMILES string of the molecule is CC(C)OC(=O)C(O)[C@]1(C)S[C@]1(C)CN(C)C. The van der Waals surface area contributed by atoms with E-state index in [-0.39, 0.29) is 10.9 Å². The normalized spacial score (nSPS) is 33.9. The van der Waals surface area contributed by atoms with Gasteiger partial charge in [-0.2, -0.15) is 0 Å². The lowest BCUT2D eigenvalue weighted by atomic mass is 9.90. The van der Waals surface area contributed by atoms with Crippen LogP contribution in [0.4, 0.5) is 0 Å². The van der Waals surface area contributed by atoms with Crippen molar-refractivity contribution < 1.29 is 14.6 Å². The first kappa shape index (κ1) is 14.8. The molecule has 5 heteroatoms. The van der Waals surface area contributed by atoms with Gasteiger partial charge >= 0.3 is 5.97 Å². The molecule has 1 rings (SSSR count). The van der Waals surface area contributed by atoms with Crippen molar-refractivity contribution in [2.24, 2.45) is 0 Å². The molecule has 1 fully saturated rings. The number of carbonyl (C=O) groups excluding carboxylic acids is 1. The molecule has 0 amide bonds. The molecule has 1 saturated heterocycles. The Morgan fingerprint density at radius 3 is 2.35 bits per heavy atom. The highest BCUT2D eigenvalue weighted by molar-refractivity contribution is 8.09. The van der Waals surface area contributed by atoms with Crippen molar-refractivity contribution >= 4 is 17.7 Å². The number of rotatable bonds is 5. The first-order chi connectivity index (χ1) is 7.62. The quantitative estimate of drug-likeness (QED) is 0.594. The zero-order chi connectivity index (χ0) is 13.4. The minimum Gasteiger partial charge on any atom is -0.461 e. The van der Waals surface area contributed by atoms with Crippen molar-refractivity contribution in [2.75, 3.05) is 20.6 Å². The summed E-state index contributed by atoms with van der Waals surface area (Å²) in [6, 6.07) is 0. The highest BCUT2D eigenvalue weighted by atomic mass is 32.2. The van der Waals surface area contributed by atoms with Gasteiger partial charge in [-0.3, -0.25) is 0 Å². The first-order valence-electron chi connectivity index (χ1n) is 5.86. The van der Waals surface area contributed by atoms with Crippen molar-refractivity contribution in [1.29, 1.82) is 0 Å². The molecule has 0 aliphatic carbocycles. The number of thioether (sulfide) groups is 1. The molecule has 0 radical (unpaired) electrons. The Morgan fingerprint density at radius 1 is 1.41 bits per heavy atom. The minimum absolute atomic E-state index is 0.0914. The second-order valence-electron chi connectivity index (χ2n) is 5.57. The van der Waals surface area contributed by atoms with Crippen LogP contribution in [-0.2, 0) is 9.53 Å². The summed E-state index contributed by atoms with van der Waals surface area (Å²) in [5.41, 5.74) is 0. The molecule has 100 valence electrons. The van der Waals surface area contributed by atoms with Crippen LogP contribution >= 0.6 is 11.8 Å². The average Bonchev–Trinajstić information content (AvgIpc) is 2.65. The van der Waals surface area contributed by atoms with Crippen LogP contribution in [0.3, 0.4) is 0 Å². The summed E-state index contributed by atoms with van der Waals surface area (Å²) in [5, 5.41) is 10.1. The van der Waals surface area contributed by atoms with Gasteiger partial charge in [0.1, 0.15) is 0 Å². The third kappa shape index (κ3) is 2.95. The molecule has 1 aliphatic heterocycles. The molecule has 1 aliphatic rings. The summed E-state index contributed by atoms with van der Waals surface area (Å²) in [5.74, 6) is -0.516.